The number of fused-ring (bicyclic) bond motifs is 1. The third kappa shape index (κ3) is 2.56. The number of rotatable bonds is 1. The zero-order chi connectivity index (χ0) is 13.9. The van der Waals surface area contributed by atoms with Crippen LogP contribution in [0.4, 0.5) is 5.69 Å². The van der Waals surface area contributed by atoms with Gasteiger partial charge in [0, 0.05) is 16.6 Å². The smallest absolute Gasteiger partial charge is 0.258 e. The topological polar surface area (TPSA) is 29.5 Å². The van der Waals surface area contributed by atoms with Gasteiger partial charge in [-0.15, -0.1) is 0 Å². The number of ether oxygens (including phenoxy) is 1. The van der Waals surface area contributed by atoms with E-state index < -0.39 is 0 Å². The normalized spacial score (nSPS) is 14.2. The monoisotopic (exact) mass is 331 g/mol. The lowest BCUT2D eigenvalue weighted by Crippen LogP contribution is -2.31. The zero-order valence-electron chi connectivity index (χ0n) is 10.9. The quantitative estimate of drug-likeness (QED) is 0.793. The Labute approximate surface area is 126 Å². The molecule has 0 spiro atoms. The second-order valence-corrected chi connectivity index (χ2v) is 5.55. The van der Waals surface area contributed by atoms with Crippen molar-refractivity contribution in [2.45, 2.75) is 6.42 Å². The van der Waals surface area contributed by atoms with Crippen LogP contribution in [0.1, 0.15) is 16.8 Å². The van der Waals surface area contributed by atoms with Crippen molar-refractivity contribution in [2.24, 2.45) is 0 Å². The highest BCUT2D eigenvalue weighted by Crippen LogP contribution is 2.31. The van der Waals surface area contributed by atoms with Gasteiger partial charge < -0.3 is 9.64 Å². The SMILES string of the molecule is O=C(c1cccc(Br)c1)N1CCCOc2ccccc21. The first-order chi connectivity index (χ1) is 9.75. The van der Waals surface area contributed by atoms with Gasteiger partial charge in [-0.1, -0.05) is 34.1 Å². The highest BCUT2D eigenvalue weighted by atomic mass is 79.9. The number of amides is 1. The van der Waals surface area contributed by atoms with E-state index in [1.54, 1.807) is 4.90 Å². The molecule has 20 heavy (non-hydrogen) atoms. The largest absolute Gasteiger partial charge is 0.491 e. The van der Waals surface area contributed by atoms with Crippen molar-refractivity contribution in [2.75, 3.05) is 18.1 Å². The molecule has 0 bridgehead atoms. The molecule has 0 unspecified atom stereocenters. The number of hydrogen-bond donors (Lipinski definition) is 0. The van der Waals surface area contributed by atoms with Gasteiger partial charge in [-0.25, -0.2) is 0 Å². The minimum absolute atomic E-state index is 0.00394. The Bertz CT molecular complexity index is 642. The molecule has 1 aliphatic heterocycles. The Balaban J connectivity index is 1.99. The summed E-state index contributed by atoms with van der Waals surface area (Å²) in [5.74, 6) is 0.776. The first kappa shape index (κ1) is 13.2. The molecule has 3 nitrogen and oxygen atoms in total. The Hall–Kier alpha value is -1.81. The van der Waals surface area contributed by atoms with Crippen LogP contribution in [0.15, 0.2) is 53.0 Å². The Morgan fingerprint density at radius 3 is 2.85 bits per heavy atom. The molecule has 3 rings (SSSR count). The maximum Gasteiger partial charge on any atom is 0.258 e. The summed E-state index contributed by atoms with van der Waals surface area (Å²) < 4.78 is 6.59. The fourth-order valence-electron chi connectivity index (χ4n) is 2.32. The molecule has 0 aliphatic carbocycles. The lowest BCUT2D eigenvalue weighted by atomic mass is 10.1. The van der Waals surface area contributed by atoms with Crippen LogP contribution < -0.4 is 9.64 Å². The van der Waals surface area contributed by atoms with Gasteiger partial charge in [-0.3, -0.25) is 4.79 Å². The second-order valence-electron chi connectivity index (χ2n) is 4.64. The molecule has 1 aliphatic rings. The maximum absolute atomic E-state index is 12.7. The van der Waals surface area contributed by atoms with Crippen molar-refractivity contribution in [3.05, 3.63) is 58.6 Å². The van der Waals surface area contributed by atoms with Gasteiger partial charge >= 0.3 is 0 Å². The Kier molecular flexibility index (Phi) is 3.74. The van der Waals surface area contributed by atoms with Gasteiger partial charge in [0.25, 0.3) is 5.91 Å². The maximum atomic E-state index is 12.7. The number of benzene rings is 2. The van der Waals surface area contributed by atoms with Crippen molar-refractivity contribution in [1.29, 1.82) is 0 Å². The summed E-state index contributed by atoms with van der Waals surface area (Å²) in [6.07, 6.45) is 0.828. The number of hydrogen-bond acceptors (Lipinski definition) is 2. The molecule has 2 aromatic rings. The van der Waals surface area contributed by atoms with Gasteiger partial charge in [0.1, 0.15) is 5.75 Å². The predicted molar refractivity (Wildman–Crippen MR) is 82.4 cm³/mol. The highest BCUT2D eigenvalue weighted by Gasteiger charge is 2.22. The molecule has 0 radical (unpaired) electrons. The van der Waals surface area contributed by atoms with Gasteiger partial charge in [-0.05, 0) is 36.8 Å². The van der Waals surface area contributed by atoms with E-state index in [1.807, 2.05) is 48.5 Å². The summed E-state index contributed by atoms with van der Waals surface area (Å²) in [5.41, 5.74) is 1.52. The number of carbonyl (C=O) groups excluding carboxylic acids is 1. The molecule has 0 saturated carbocycles. The lowest BCUT2D eigenvalue weighted by Gasteiger charge is -2.21. The second kappa shape index (κ2) is 5.67. The predicted octanol–water partition coefficient (Wildman–Crippen LogP) is 3.88. The van der Waals surface area contributed by atoms with E-state index >= 15 is 0 Å². The van der Waals surface area contributed by atoms with Crippen molar-refractivity contribution < 1.29 is 9.53 Å². The Morgan fingerprint density at radius 1 is 1.15 bits per heavy atom. The average molecular weight is 332 g/mol. The molecular formula is C16H14BrNO2. The third-order valence-corrected chi connectivity index (χ3v) is 3.75. The third-order valence-electron chi connectivity index (χ3n) is 3.26. The van der Waals surface area contributed by atoms with Crippen molar-refractivity contribution >= 4 is 27.5 Å². The van der Waals surface area contributed by atoms with Crippen LogP contribution >= 0.6 is 15.9 Å². The first-order valence-corrected chi connectivity index (χ1v) is 7.34. The van der Waals surface area contributed by atoms with Crippen LogP contribution in [0.5, 0.6) is 5.75 Å². The molecule has 102 valence electrons. The number of halogens is 1. The van der Waals surface area contributed by atoms with Gasteiger partial charge in [0.15, 0.2) is 0 Å². The van der Waals surface area contributed by atoms with Gasteiger partial charge in [0.2, 0.25) is 0 Å². The molecule has 1 heterocycles. The minimum Gasteiger partial charge on any atom is -0.491 e. The molecular weight excluding hydrogens is 318 g/mol. The minimum atomic E-state index is 0.00394. The zero-order valence-corrected chi connectivity index (χ0v) is 12.5. The molecule has 0 N–H and O–H groups in total. The van der Waals surface area contributed by atoms with E-state index in [4.69, 9.17) is 4.74 Å². The van der Waals surface area contributed by atoms with Gasteiger partial charge in [-0.2, -0.15) is 0 Å². The number of nitrogens with zero attached hydrogens (tertiary/aromatic N) is 1. The molecule has 0 saturated heterocycles. The number of carbonyl (C=O) groups is 1. The highest BCUT2D eigenvalue weighted by molar-refractivity contribution is 9.10. The summed E-state index contributed by atoms with van der Waals surface area (Å²) >= 11 is 3.41. The Morgan fingerprint density at radius 2 is 2.00 bits per heavy atom. The molecule has 2 aromatic carbocycles. The standard InChI is InChI=1S/C16H14BrNO2/c17-13-6-3-5-12(11-13)16(19)18-9-4-10-20-15-8-2-1-7-14(15)18/h1-3,5-8,11H,4,9-10H2. The molecule has 1 amide bonds. The summed E-state index contributed by atoms with van der Waals surface area (Å²) in [6.45, 7) is 1.31. The van der Waals surface area contributed by atoms with Crippen LogP contribution in [-0.4, -0.2) is 19.1 Å². The van der Waals surface area contributed by atoms with E-state index in [9.17, 15) is 4.79 Å². The lowest BCUT2D eigenvalue weighted by molar-refractivity contribution is 0.0987. The summed E-state index contributed by atoms with van der Waals surface area (Å²) in [5, 5.41) is 0. The van der Waals surface area contributed by atoms with Crippen LogP contribution in [0.25, 0.3) is 0 Å². The van der Waals surface area contributed by atoms with Crippen LogP contribution in [0.3, 0.4) is 0 Å². The first-order valence-electron chi connectivity index (χ1n) is 6.55. The van der Waals surface area contributed by atoms with E-state index in [-0.39, 0.29) is 5.91 Å². The molecule has 0 fully saturated rings. The molecule has 4 heteroatoms. The van der Waals surface area contributed by atoms with E-state index in [0.717, 1.165) is 22.3 Å². The summed E-state index contributed by atoms with van der Waals surface area (Å²) in [7, 11) is 0. The van der Waals surface area contributed by atoms with Crippen LogP contribution in [-0.2, 0) is 0 Å². The average Bonchev–Trinajstić information content (AvgIpc) is 2.69. The number of para-hydroxylation sites is 2. The van der Waals surface area contributed by atoms with Crippen molar-refractivity contribution in [3.63, 3.8) is 0 Å². The van der Waals surface area contributed by atoms with Crippen molar-refractivity contribution in [3.8, 4) is 5.75 Å². The van der Waals surface area contributed by atoms with Crippen LogP contribution in [0.2, 0.25) is 0 Å². The fourth-order valence-corrected chi connectivity index (χ4v) is 2.71. The number of anilines is 1. The summed E-state index contributed by atoms with van der Waals surface area (Å²) in [4.78, 5) is 14.5. The van der Waals surface area contributed by atoms with Crippen LogP contribution in [0, 0.1) is 0 Å². The fraction of sp³-hybridized carbons (Fsp3) is 0.188. The summed E-state index contributed by atoms with van der Waals surface area (Å²) in [6, 6.07) is 15.1. The van der Waals surface area contributed by atoms with Crippen molar-refractivity contribution in [1.82, 2.24) is 0 Å². The molecule has 0 atom stereocenters. The van der Waals surface area contributed by atoms with E-state index in [2.05, 4.69) is 15.9 Å². The molecule has 0 aromatic heterocycles. The van der Waals surface area contributed by atoms with E-state index in [1.165, 1.54) is 0 Å². The van der Waals surface area contributed by atoms with Gasteiger partial charge in [0.05, 0.1) is 12.3 Å². The van der Waals surface area contributed by atoms with E-state index in [0.29, 0.717) is 18.7 Å².